The van der Waals surface area contributed by atoms with Crippen LogP contribution in [-0.2, 0) is 6.42 Å². The Morgan fingerprint density at radius 3 is 2.53 bits per heavy atom. The first-order valence-electron chi connectivity index (χ1n) is 11.1. The number of hydrazone groups is 1. The van der Waals surface area contributed by atoms with Gasteiger partial charge in [0.15, 0.2) is 5.76 Å². The summed E-state index contributed by atoms with van der Waals surface area (Å²) in [6, 6.07) is 18.8. The monoisotopic (exact) mass is 455 g/mol. The molecule has 1 aromatic heterocycles. The van der Waals surface area contributed by atoms with Gasteiger partial charge in [-0.25, -0.2) is 9.82 Å². The van der Waals surface area contributed by atoms with E-state index in [1.165, 1.54) is 24.3 Å². The molecular formula is C27H22FN3O3. The number of halogens is 1. The maximum absolute atomic E-state index is 13.1. The summed E-state index contributed by atoms with van der Waals surface area (Å²) in [7, 11) is 0. The summed E-state index contributed by atoms with van der Waals surface area (Å²) < 4.78 is 19.1. The summed E-state index contributed by atoms with van der Waals surface area (Å²) in [5.41, 5.74) is 5.65. The zero-order chi connectivity index (χ0) is 23.7. The summed E-state index contributed by atoms with van der Waals surface area (Å²) in [6.07, 6.45) is 2.11. The van der Waals surface area contributed by atoms with E-state index in [1.807, 2.05) is 49.4 Å². The summed E-state index contributed by atoms with van der Waals surface area (Å²) in [5, 5.41) is 9.26. The highest BCUT2D eigenvalue weighted by Gasteiger charge is 2.28. The number of hydrogen-bond acceptors (Lipinski definition) is 4. The van der Waals surface area contributed by atoms with E-state index >= 15 is 0 Å². The number of furan rings is 1. The van der Waals surface area contributed by atoms with Crippen molar-refractivity contribution in [3.05, 3.63) is 101 Å². The van der Waals surface area contributed by atoms with Gasteiger partial charge in [-0.3, -0.25) is 9.59 Å². The number of anilines is 1. The van der Waals surface area contributed by atoms with Crippen molar-refractivity contribution in [1.29, 1.82) is 0 Å². The number of rotatable bonds is 4. The van der Waals surface area contributed by atoms with Gasteiger partial charge in [0.2, 0.25) is 0 Å². The molecule has 4 aromatic rings. The van der Waals surface area contributed by atoms with Crippen LogP contribution in [0.15, 0.2) is 76.2 Å². The molecule has 7 heteroatoms. The molecule has 34 heavy (non-hydrogen) atoms. The first-order valence-corrected chi connectivity index (χ1v) is 11.1. The normalized spacial score (nSPS) is 14.1. The summed E-state index contributed by atoms with van der Waals surface area (Å²) in [6.45, 7) is 1.82. The van der Waals surface area contributed by atoms with Crippen molar-refractivity contribution in [2.24, 2.45) is 5.10 Å². The van der Waals surface area contributed by atoms with Crippen LogP contribution in [0.25, 0.3) is 10.8 Å². The average molecular weight is 455 g/mol. The highest BCUT2D eigenvalue weighted by Crippen LogP contribution is 2.31. The van der Waals surface area contributed by atoms with E-state index in [1.54, 1.807) is 0 Å². The number of nitrogens with one attached hydrogen (secondary N) is 2. The predicted octanol–water partition coefficient (Wildman–Crippen LogP) is 5.60. The lowest BCUT2D eigenvalue weighted by Gasteiger charge is -2.13. The standard InChI is InChI=1S/C27H22FN3O3/c1-16-24-22(30-31-26(32)18-12-14-19(28)15-13-18)10-5-11-23(24)34-25(16)27(33)29-21-9-4-7-17-6-2-3-8-20(17)21/h2-4,6-9,12-15H,5,10-11H2,1H3,(H,29,33)(H,31,32)/b30-22+. The number of carbonyl (C=O) groups is 2. The highest BCUT2D eigenvalue weighted by molar-refractivity contribution is 6.11. The molecule has 1 aliphatic rings. The van der Waals surface area contributed by atoms with E-state index in [0.29, 0.717) is 41.1 Å². The Kier molecular flexibility index (Phi) is 5.67. The Balaban J connectivity index is 1.40. The fourth-order valence-electron chi connectivity index (χ4n) is 4.29. The lowest BCUT2D eigenvalue weighted by Crippen LogP contribution is -2.22. The minimum Gasteiger partial charge on any atom is -0.455 e. The number of nitrogens with zero attached hydrogens (tertiary/aromatic N) is 1. The topological polar surface area (TPSA) is 83.7 Å². The second-order valence-corrected chi connectivity index (χ2v) is 8.20. The van der Waals surface area contributed by atoms with Gasteiger partial charge in [0.05, 0.1) is 5.71 Å². The molecule has 1 aliphatic carbocycles. The van der Waals surface area contributed by atoms with Crippen molar-refractivity contribution < 1.29 is 18.4 Å². The van der Waals surface area contributed by atoms with Gasteiger partial charge in [0, 0.05) is 34.2 Å². The fourth-order valence-corrected chi connectivity index (χ4v) is 4.29. The van der Waals surface area contributed by atoms with Crippen LogP contribution in [-0.4, -0.2) is 17.5 Å². The van der Waals surface area contributed by atoms with E-state index in [-0.39, 0.29) is 11.7 Å². The third-order valence-corrected chi connectivity index (χ3v) is 5.97. The first kappa shape index (κ1) is 21.6. The largest absolute Gasteiger partial charge is 0.455 e. The third-order valence-electron chi connectivity index (χ3n) is 5.97. The predicted molar refractivity (Wildman–Crippen MR) is 129 cm³/mol. The lowest BCUT2D eigenvalue weighted by atomic mass is 9.93. The fraction of sp³-hybridized carbons (Fsp3) is 0.148. The minimum absolute atomic E-state index is 0.234. The molecule has 2 amide bonds. The number of amides is 2. The summed E-state index contributed by atoms with van der Waals surface area (Å²) in [5.74, 6) is -0.269. The van der Waals surface area contributed by atoms with Gasteiger partial charge >= 0.3 is 0 Å². The minimum atomic E-state index is -0.435. The molecule has 3 aromatic carbocycles. The summed E-state index contributed by atoms with van der Waals surface area (Å²) in [4.78, 5) is 25.5. The number of benzene rings is 3. The molecule has 0 fully saturated rings. The van der Waals surface area contributed by atoms with Gasteiger partial charge in [-0.2, -0.15) is 5.10 Å². The van der Waals surface area contributed by atoms with Crippen molar-refractivity contribution in [3.8, 4) is 0 Å². The van der Waals surface area contributed by atoms with Gasteiger partial charge < -0.3 is 9.73 Å². The molecule has 2 N–H and O–H groups in total. The second kappa shape index (κ2) is 8.94. The lowest BCUT2D eigenvalue weighted by molar-refractivity contribution is 0.0953. The molecule has 0 spiro atoms. The molecule has 170 valence electrons. The number of hydrogen-bond donors (Lipinski definition) is 2. The maximum Gasteiger partial charge on any atom is 0.291 e. The molecule has 0 atom stereocenters. The molecule has 0 saturated carbocycles. The van der Waals surface area contributed by atoms with Crippen molar-refractivity contribution in [3.63, 3.8) is 0 Å². The van der Waals surface area contributed by atoms with Crippen LogP contribution in [0.4, 0.5) is 10.1 Å². The van der Waals surface area contributed by atoms with Gasteiger partial charge in [-0.15, -0.1) is 0 Å². The quantitative estimate of drug-likeness (QED) is 0.393. The van der Waals surface area contributed by atoms with Crippen molar-refractivity contribution in [2.75, 3.05) is 5.32 Å². The second-order valence-electron chi connectivity index (χ2n) is 8.20. The molecule has 0 aliphatic heterocycles. The van der Waals surface area contributed by atoms with Crippen LogP contribution in [0.2, 0.25) is 0 Å². The van der Waals surface area contributed by atoms with Crippen LogP contribution in [0.3, 0.4) is 0 Å². The van der Waals surface area contributed by atoms with Crippen molar-refractivity contribution in [2.45, 2.75) is 26.2 Å². The third kappa shape index (κ3) is 4.08. The van der Waals surface area contributed by atoms with Crippen LogP contribution in [0, 0.1) is 12.7 Å². The zero-order valence-electron chi connectivity index (χ0n) is 18.5. The van der Waals surface area contributed by atoms with E-state index < -0.39 is 11.7 Å². The SMILES string of the molecule is Cc1c(C(=O)Nc2cccc3ccccc23)oc2c1/C(=N/NC(=O)c1ccc(F)cc1)CCC2. The maximum atomic E-state index is 13.1. The smallest absolute Gasteiger partial charge is 0.291 e. The Bertz CT molecular complexity index is 1430. The molecule has 0 radical (unpaired) electrons. The molecule has 5 rings (SSSR count). The van der Waals surface area contributed by atoms with Crippen molar-refractivity contribution in [1.82, 2.24) is 5.43 Å². The van der Waals surface area contributed by atoms with E-state index in [2.05, 4.69) is 15.8 Å². The Labute approximate surface area is 195 Å². The van der Waals surface area contributed by atoms with Crippen LogP contribution in [0.1, 0.15) is 50.6 Å². The average Bonchev–Trinajstić information content (AvgIpc) is 3.20. The molecule has 0 saturated heterocycles. The highest BCUT2D eigenvalue weighted by atomic mass is 19.1. The Morgan fingerprint density at radius 1 is 0.941 bits per heavy atom. The zero-order valence-corrected chi connectivity index (χ0v) is 18.5. The van der Waals surface area contributed by atoms with Gasteiger partial charge in [0.1, 0.15) is 11.6 Å². The van der Waals surface area contributed by atoms with E-state index in [9.17, 15) is 14.0 Å². The molecule has 1 heterocycles. The summed E-state index contributed by atoms with van der Waals surface area (Å²) >= 11 is 0. The molecule has 0 bridgehead atoms. The number of fused-ring (bicyclic) bond motifs is 2. The molecule has 0 unspecified atom stereocenters. The van der Waals surface area contributed by atoms with Gasteiger partial charge in [-0.1, -0.05) is 36.4 Å². The number of carbonyl (C=O) groups excluding carboxylic acids is 2. The van der Waals surface area contributed by atoms with Gasteiger partial charge in [0.25, 0.3) is 11.8 Å². The number of aryl methyl sites for hydroxylation is 1. The van der Waals surface area contributed by atoms with E-state index in [0.717, 1.165) is 22.8 Å². The Morgan fingerprint density at radius 2 is 1.71 bits per heavy atom. The van der Waals surface area contributed by atoms with Crippen LogP contribution in [0.5, 0.6) is 0 Å². The molecular weight excluding hydrogens is 433 g/mol. The Hall–Kier alpha value is -4.26. The van der Waals surface area contributed by atoms with Gasteiger partial charge in [-0.05, 0) is 55.5 Å². The molecule has 6 nitrogen and oxygen atoms in total. The van der Waals surface area contributed by atoms with Crippen LogP contribution < -0.4 is 10.7 Å². The van der Waals surface area contributed by atoms with Crippen LogP contribution >= 0.6 is 0 Å². The first-order chi connectivity index (χ1) is 16.5. The van der Waals surface area contributed by atoms with E-state index in [4.69, 9.17) is 4.42 Å². The van der Waals surface area contributed by atoms with Crippen molar-refractivity contribution >= 4 is 34.0 Å².